The summed E-state index contributed by atoms with van der Waals surface area (Å²) in [7, 11) is 0. The molecule has 1 saturated heterocycles. The van der Waals surface area contributed by atoms with Crippen molar-refractivity contribution in [1.82, 2.24) is 4.90 Å². The number of piperidine rings is 1. The van der Waals surface area contributed by atoms with Crippen molar-refractivity contribution >= 4 is 17.2 Å². The van der Waals surface area contributed by atoms with Gasteiger partial charge >= 0.3 is 0 Å². The zero-order chi connectivity index (χ0) is 14.2. The average molecular weight is 303 g/mol. The van der Waals surface area contributed by atoms with Crippen molar-refractivity contribution in [3.05, 3.63) is 21.4 Å². The summed E-state index contributed by atoms with van der Waals surface area (Å²) in [5.74, 6) is 2.02. The van der Waals surface area contributed by atoms with Crippen LogP contribution < -0.4 is 0 Å². The molecule has 0 bridgehead atoms. The van der Waals surface area contributed by atoms with Crippen LogP contribution in [0.2, 0.25) is 0 Å². The highest BCUT2D eigenvalue weighted by Crippen LogP contribution is 2.37. The highest BCUT2D eigenvalue weighted by atomic mass is 32.1. The average Bonchev–Trinajstić information content (AvgIpc) is 2.98. The molecule has 1 amide bonds. The lowest BCUT2D eigenvalue weighted by atomic mass is 9.75. The van der Waals surface area contributed by atoms with Crippen LogP contribution in [0.15, 0.2) is 5.38 Å². The molecule has 1 saturated carbocycles. The molecule has 2 heterocycles. The van der Waals surface area contributed by atoms with Crippen molar-refractivity contribution in [2.24, 2.45) is 11.8 Å². The monoisotopic (exact) mass is 303 g/mol. The molecule has 2 unspecified atom stereocenters. The molecule has 1 aliphatic heterocycles. The summed E-state index contributed by atoms with van der Waals surface area (Å²) >= 11 is 1.82. The second kappa shape index (κ2) is 5.75. The van der Waals surface area contributed by atoms with Crippen molar-refractivity contribution < 1.29 is 4.79 Å². The van der Waals surface area contributed by atoms with Gasteiger partial charge in [-0.3, -0.25) is 4.79 Å². The lowest BCUT2D eigenvalue weighted by Crippen LogP contribution is -2.44. The molecule has 2 nitrogen and oxygen atoms in total. The number of amides is 1. The zero-order valence-electron chi connectivity index (χ0n) is 12.8. The molecular weight excluding hydrogens is 278 g/mol. The van der Waals surface area contributed by atoms with Crippen LogP contribution >= 0.6 is 11.3 Å². The van der Waals surface area contributed by atoms with Crippen LogP contribution in [0.1, 0.15) is 65.7 Å². The number of carbonyl (C=O) groups excluding carboxylic acids is 1. The Morgan fingerprint density at radius 1 is 1.05 bits per heavy atom. The Morgan fingerprint density at radius 2 is 1.86 bits per heavy atom. The summed E-state index contributed by atoms with van der Waals surface area (Å²) in [4.78, 5) is 16.6. The molecule has 0 aromatic carbocycles. The number of carbonyl (C=O) groups is 1. The Hall–Kier alpha value is -0.830. The van der Waals surface area contributed by atoms with Crippen LogP contribution in [0.4, 0.5) is 0 Å². The third-order valence-corrected chi connectivity index (χ3v) is 6.96. The smallest absolute Gasteiger partial charge is 0.254 e. The fraction of sp³-hybridized carbons (Fsp3) is 0.722. The number of likely N-dealkylation sites (tertiary alicyclic amines) is 1. The maximum Gasteiger partial charge on any atom is 0.254 e. The Bertz CT molecular complexity index is 535. The molecule has 4 rings (SSSR count). The summed E-state index contributed by atoms with van der Waals surface area (Å²) < 4.78 is 0. The van der Waals surface area contributed by atoms with Crippen LogP contribution in [0.5, 0.6) is 0 Å². The van der Waals surface area contributed by atoms with E-state index in [1.807, 2.05) is 11.3 Å². The standard InChI is InChI=1S/C18H25NOS/c20-18(16-12-21-17-8-4-3-7-15(16)17)19-10-9-13-5-1-2-6-14(13)11-19/h12-14H,1-11H2. The molecule has 2 atom stereocenters. The molecule has 3 aliphatic rings. The summed E-state index contributed by atoms with van der Waals surface area (Å²) in [5.41, 5.74) is 2.44. The van der Waals surface area contributed by atoms with Gasteiger partial charge in [0.15, 0.2) is 0 Å². The number of hydrogen-bond acceptors (Lipinski definition) is 2. The molecule has 0 N–H and O–H groups in total. The first kappa shape index (κ1) is 13.8. The minimum atomic E-state index is 0.332. The number of nitrogens with zero attached hydrogens (tertiary/aromatic N) is 1. The maximum absolute atomic E-state index is 12.9. The van der Waals surface area contributed by atoms with Gasteiger partial charge < -0.3 is 4.90 Å². The Balaban J connectivity index is 1.51. The van der Waals surface area contributed by atoms with Crippen molar-refractivity contribution in [1.29, 1.82) is 0 Å². The first-order valence-electron chi connectivity index (χ1n) is 8.71. The van der Waals surface area contributed by atoms with Gasteiger partial charge in [-0.25, -0.2) is 0 Å². The fourth-order valence-corrected chi connectivity index (χ4v) is 5.75. The van der Waals surface area contributed by atoms with Gasteiger partial charge in [0.2, 0.25) is 0 Å². The topological polar surface area (TPSA) is 20.3 Å². The van der Waals surface area contributed by atoms with Gasteiger partial charge in [-0.15, -0.1) is 11.3 Å². The van der Waals surface area contributed by atoms with E-state index in [0.717, 1.165) is 36.9 Å². The predicted octanol–water partition coefficient (Wildman–Crippen LogP) is 4.28. The van der Waals surface area contributed by atoms with E-state index in [2.05, 4.69) is 10.3 Å². The Morgan fingerprint density at radius 3 is 2.76 bits per heavy atom. The fourth-order valence-electron chi connectivity index (χ4n) is 4.63. The maximum atomic E-state index is 12.9. The molecule has 2 fully saturated rings. The van der Waals surface area contributed by atoms with Gasteiger partial charge in [0, 0.05) is 23.3 Å². The molecular formula is C18H25NOS. The van der Waals surface area contributed by atoms with E-state index >= 15 is 0 Å². The third-order valence-electron chi connectivity index (χ3n) is 5.87. The normalized spacial score (nSPS) is 28.9. The number of aryl methyl sites for hydroxylation is 1. The van der Waals surface area contributed by atoms with Crippen LogP contribution in [0.25, 0.3) is 0 Å². The van der Waals surface area contributed by atoms with E-state index in [0.29, 0.717) is 5.91 Å². The van der Waals surface area contributed by atoms with Crippen LogP contribution in [0.3, 0.4) is 0 Å². The number of hydrogen-bond donors (Lipinski definition) is 0. The number of thiophene rings is 1. The molecule has 21 heavy (non-hydrogen) atoms. The summed E-state index contributed by atoms with van der Waals surface area (Å²) in [6.07, 6.45) is 11.6. The summed E-state index contributed by atoms with van der Waals surface area (Å²) in [6, 6.07) is 0. The second-order valence-electron chi connectivity index (χ2n) is 7.10. The van der Waals surface area contributed by atoms with Crippen LogP contribution in [-0.4, -0.2) is 23.9 Å². The van der Waals surface area contributed by atoms with E-state index in [-0.39, 0.29) is 0 Å². The first-order valence-corrected chi connectivity index (χ1v) is 9.59. The highest BCUT2D eigenvalue weighted by Gasteiger charge is 2.34. The molecule has 0 spiro atoms. The lowest BCUT2D eigenvalue weighted by Gasteiger charge is -2.41. The van der Waals surface area contributed by atoms with E-state index in [1.165, 1.54) is 61.8 Å². The van der Waals surface area contributed by atoms with Gasteiger partial charge in [0.1, 0.15) is 0 Å². The minimum absolute atomic E-state index is 0.332. The molecule has 0 radical (unpaired) electrons. The number of fused-ring (bicyclic) bond motifs is 2. The SMILES string of the molecule is O=C(c1csc2c1CCCC2)N1CCC2CCCCC2C1. The van der Waals surface area contributed by atoms with E-state index in [9.17, 15) is 4.79 Å². The highest BCUT2D eigenvalue weighted by molar-refractivity contribution is 7.10. The van der Waals surface area contributed by atoms with E-state index in [4.69, 9.17) is 0 Å². The molecule has 3 heteroatoms. The Labute approximate surface area is 131 Å². The third kappa shape index (κ3) is 2.54. The number of rotatable bonds is 1. The zero-order valence-corrected chi connectivity index (χ0v) is 13.6. The van der Waals surface area contributed by atoms with Crippen molar-refractivity contribution in [3.8, 4) is 0 Å². The lowest BCUT2D eigenvalue weighted by molar-refractivity contribution is 0.0520. The van der Waals surface area contributed by atoms with Gasteiger partial charge in [0.05, 0.1) is 5.56 Å². The largest absolute Gasteiger partial charge is 0.338 e. The van der Waals surface area contributed by atoms with E-state index < -0.39 is 0 Å². The van der Waals surface area contributed by atoms with Gasteiger partial charge in [-0.2, -0.15) is 0 Å². The van der Waals surface area contributed by atoms with Gasteiger partial charge in [0.25, 0.3) is 5.91 Å². The quantitative estimate of drug-likeness (QED) is 0.758. The minimum Gasteiger partial charge on any atom is -0.338 e. The van der Waals surface area contributed by atoms with Gasteiger partial charge in [-0.1, -0.05) is 19.3 Å². The molecule has 1 aromatic heterocycles. The van der Waals surface area contributed by atoms with Crippen LogP contribution in [-0.2, 0) is 12.8 Å². The first-order chi connectivity index (χ1) is 10.3. The molecule has 114 valence electrons. The van der Waals surface area contributed by atoms with Gasteiger partial charge in [-0.05, 0) is 55.9 Å². The molecule has 2 aliphatic carbocycles. The second-order valence-corrected chi connectivity index (χ2v) is 8.07. The van der Waals surface area contributed by atoms with Crippen molar-refractivity contribution in [3.63, 3.8) is 0 Å². The van der Waals surface area contributed by atoms with Crippen molar-refractivity contribution in [2.45, 2.75) is 57.8 Å². The van der Waals surface area contributed by atoms with Crippen LogP contribution in [0, 0.1) is 11.8 Å². The van der Waals surface area contributed by atoms with Crippen molar-refractivity contribution in [2.75, 3.05) is 13.1 Å². The molecule has 1 aromatic rings. The van der Waals surface area contributed by atoms with E-state index in [1.54, 1.807) is 0 Å². The Kier molecular flexibility index (Phi) is 3.78. The summed E-state index contributed by atoms with van der Waals surface area (Å²) in [5, 5.41) is 2.14. The predicted molar refractivity (Wildman–Crippen MR) is 86.9 cm³/mol. The summed E-state index contributed by atoms with van der Waals surface area (Å²) in [6.45, 7) is 2.01.